The molecule has 0 saturated heterocycles. The number of para-hydroxylation sites is 1. The highest BCUT2D eigenvalue weighted by Crippen LogP contribution is 2.31. The molecule has 0 fully saturated rings. The SMILES string of the molecule is CCCCCN(c1c(F)cccc1[C@H](C)O)C(C)C. The van der Waals surface area contributed by atoms with E-state index in [1.807, 2.05) is 0 Å². The molecule has 19 heavy (non-hydrogen) atoms. The fourth-order valence-corrected chi connectivity index (χ4v) is 2.33. The first-order valence-electron chi connectivity index (χ1n) is 7.22. The summed E-state index contributed by atoms with van der Waals surface area (Å²) < 4.78 is 14.2. The minimum Gasteiger partial charge on any atom is -0.389 e. The molecule has 1 aromatic carbocycles. The van der Waals surface area contributed by atoms with Crippen LogP contribution in [0, 0.1) is 5.82 Å². The van der Waals surface area contributed by atoms with Crippen molar-refractivity contribution in [1.29, 1.82) is 0 Å². The van der Waals surface area contributed by atoms with Crippen LogP contribution >= 0.6 is 0 Å². The zero-order chi connectivity index (χ0) is 14.4. The van der Waals surface area contributed by atoms with Crippen molar-refractivity contribution in [3.05, 3.63) is 29.6 Å². The Bertz CT molecular complexity index is 390. The third-order valence-electron chi connectivity index (χ3n) is 3.38. The lowest BCUT2D eigenvalue weighted by Crippen LogP contribution is -2.33. The second-order valence-corrected chi connectivity index (χ2v) is 5.35. The number of benzene rings is 1. The van der Waals surface area contributed by atoms with Crippen molar-refractivity contribution in [2.24, 2.45) is 0 Å². The van der Waals surface area contributed by atoms with E-state index in [0.717, 1.165) is 25.8 Å². The molecule has 0 spiro atoms. The Kier molecular flexibility index (Phi) is 6.29. The first-order valence-corrected chi connectivity index (χ1v) is 7.22. The number of nitrogens with zero attached hydrogens (tertiary/aromatic N) is 1. The monoisotopic (exact) mass is 267 g/mol. The zero-order valence-electron chi connectivity index (χ0n) is 12.5. The summed E-state index contributed by atoms with van der Waals surface area (Å²) in [5.41, 5.74) is 1.23. The van der Waals surface area contributed by atoms with E-state index < -0.39 is 6.10 Å². The van der Waals surface area contributed by atoms with Crippen LogP contribution in [0.15, 0.2) is 18.2 Å². The molecule has 0 aliphatic rings. The van der Waals surface area contributed by atoms with Crippen LogP contribution in [0.25, 0.3) is 0 Å². The maximum Gasteiger partial charge on any atom is 0.146 e. The van der Waals surface area contributed by atoms with Gasteiger partial charge in [-0.15, -0.1) is 0 Å². The molecule has 1 atom stereocenters. The molecular formula is C16H26FNO. The van der Waals surface area contributed by atoms with Crippen molar-refractivity contribution >= 4 is 5.69 Å². The summed E-state index contributed by atoms with van der Waals surface area (Å²) in [6, 6.07) is 5.14. The Hall–Kier alpha value is -1.09. The van der Waals surface area contributed by atoms with E-state index >= 15 is 0 Å². The molecule has 0 saturated carbocycles. The molecule has 1 aromatic rings. The van der Waals surface area contributed by atoms with Crippen LogP contribution in [0.4, 0.5) is 10.1 Å². The van der Waals surface area contributed by atoms with E-state index in [2.05, 4.69) is 25.7 Å². The minimum atomic E-state index is -0.655. The van der Waals surface area contributed by atoms with E-state index in [4.69, 9.17) is 0 Å². The van der Waals surface area contributed by atoms with Crippen molar-refractivity contribution in [3.63, 3.8) is 0 Å². The molecule has 1 N–H and O–H groups in total. The molecule has 0 amide bonds. The van der Waals surface area contributed by atoms with Gasteiger partial charge in [0.15, 0.2) is 0 Å². The van der Waals surface area contributed by atoms with Gasteiger partial charge >= 0.3 is 0 Å². The molecule has 0 unspecified atom stereocenters. The van der Waals surface area contributed by atoms with Crippen LogP contribution < -0.4 is 4.90 Å². The Morgan fingerprint density at radius 3 is 2.42 bits per heavy atom. The molecule has 2 nitrogen and oxygen atoms in total. The maximum absolute atomic E-state index is 14.2. The summed E-state index contributed by atoms with van der Waals surface area (Å²) in [4.78, 5) is 2.06. The summed E-state index contributed by atoms with van der Waals surface area (Å²) in [5, 5.41) is 9.84. The standard InChI is InChI=1S/C16H26FNO/c1-5-6-7-11-18(12(2)3)16-14(13(4)19)9-8-10-15(16)17/h8-10,12-13,19H,5-7,11H2,1-4H3/t13-/m0/s1. The van der Waals surface area contributed by atoms with Gasteiger partial charge in [0.2, 0.25) is 0 Å². The first-order chi connectivity index (χ1) is 8.99. The highest BCUT2D eigenvalue weighted by molar-refractivity contribution is 5.56. The van der Waals surface area contributed by atoms with Gasteiger partial charge in [0.05, 0.1) is 11.8 Å². The van der Waals surface area contributed by atoms with E-state index in [9.17, 15) is 9.50 Å². The van der Waals surface area contributed by atoms with Crippen molar-refractivity contribution in [3.8, 4) is 0 Å². The van der Waals surface area contributed by atoms with Gasteiger partial charge in [-0.2, -0.15) is 0 Å². The number of hydrogen-bond acceptors (Lipinski definition) is 2. The number of anilines is 1. The number of aliphatic hydroxyl groups is 1. The smallest absolute Gasteiger partial charge is 0.146 e. The summed E-state index contributed by atoms with van der Waals surface area (Å²) in [6.45, 7) is 8.79. The predicted octanol–water partition coefficient (Wildman–Crippen LogP) is 4.28. The second kappa shape index (κ2) is 7.49. The Labute approximate surface area is 116 Å². The third-order valence-corrected chi connectivity index (χ3v) is 3.38. The van der Waals surface area contributed by atoms with E-state index in [1.165, 1.54) is 6.07 Å². The van der Waals surface area contributed by atoms with Crippen molar-refractivity contribution in [2.75, 3.05) is 11.4 Å². The molecule has 0 radical (unpaired) electrons. The molecule has 0 heterocycles. The van der Waals surface area contributed by atoms with Gasteiger partial charge in [0.25, 0.3) is 0 Å². The Morgan fingerprint density at radius 1 is 1.21 bits per heavy atom. The average molecular weight is 267 g/mol. The van der Waals surface area contributed by atoms with Crippen LogP contribution in [0.2, 0.25) is 0 Å². The lowest BCUT2D eigenvalue weighted by Gasteiger charge is -2.32. The summed E-state index contributed by atoms with van der Waals surface area (Å²) in [5.74, 6) is -0.247. The van der Waals surface area contributed by atoms with Crippen LogP contribution in [-0.4, -0.2) is 17.7 Å². The molecule has 0 aliphatic heterocycles. The van der Waals surface area contributed by atoms with Gasteiger partial charge in [0.1, 0.15) is 5.82 Å². The van der Waals surface area contributed by atoms with E-state index in [0.29, 0.717) is 11.3 Å². The van der Waals surface area contributed by atoms with E-state index in [1.54, 1.807) is 19.1 Å². The van der Waals surface area contributed by atoms with Crippen LogP contribution in [0.5, 0.6) is 0 Å². The zero-order valence-corrected chi connectivity index (χ0v) is 12.5. The Morgan fingerprint density at radius 2 is 1.89 bits per heavy atom. The van der Waals surface area contributed by atoms with Gasteiger partial charge in [-0.05, 0) is 33.3 Å². The number of hydrogen-bond donors (Lipinski definition) is 1. The lowest BCUT2D eigenvalue weighted by molar-refractivity contribution is 0.199. The van der Waals surface area contributed by atoms with E-state index in [-0.39, 0.29) is 11.9 Å². The molecule has 1 rings (SSSR count). The van der Waals surface area contributed by atoms with Gasteiger partial charge in [-0.25, -0.2) is 4.39 Å². The summed E-state index contributed by atoms with van der Waals surface area (Å²) >= 11 is 0. The first kappa shape index (κ1) is 16.0. The van der Waals surface area contributed by atoms with Gasteiger partial charge in [-0.3, -0.25) is 0 Å². The fourth-order valence-electron chi connectivity index (χ4n) is 2.33. The number of unbranched alkanes of at least 4 members (excludes halogenated alkanes) is 2. The van der Waals surface area contributed by atoms with Gasteiger partial charge < -0.3 is 10.0 Å². The number of aliphatic hydroxyl groups excluding tert-OH is 1. The fraction of sp³-hybridized carbons (Fsp3) is 0.625. The van der Waals surface area contributed by atoms with Crippen molar-refractivity contribution < 1.29 is 9.50 Å². The Balaban J connectivity index is 3.07. The quantitative estimate of drug-likeness (QED) is 0.745. The van der Waals surface area contributed by atoms with Crippen LogP contribution in [0.1, 0.15) is 58.6 Å². The topological polar surface area (TPSA) is 23.5 Å². The highest BCUT2D eigenvalue weighted by atomic mass is 19.1. The van der Waals surface area contributed by atoms with Gasteiger partial charge in [0, 0.05) is 18.2 Å². The molecule has 108 valence electrons. The number of halogens is 1. The number of rotatable bonds is 7. The molecular weight excluding hydrogens is 241 g/mol. The van der Waals surface area contributed by atoms with Crippen LogP contribution in [-0.2, 0) is 0 Å². The van der Waals surface area contributed by atoms with Gasteiger partial charge in [-0.1, -0.05) is 31.9 Å². The molecule has 0 aliphatic carbocycles. The highest BCUT2D eigenvalue weighted by Gasteiger charge is 2.20. The van der Waals surface area contributed by atoms with Crippen molar-refractivity contribution in [2.45, 2.75) is 59.1 Å². The average Bonchev–Trinajstić information content (AvgIpc) is 2.34. The second-order valence-electron chi connectivity index (χ2n) is 5.35. The van der Waals surface area contributed by atoms with Crippen molar-refractivity contribution in [1.82, 2.24) is 0 Å². The normalized spacial score (nSPS) is 12.8. The lowest BCUT2D eigenvalue weighted by atomic mass is 10.0. The third kappa shape index (κ3) is 4.20. The largest absolute Gasteiger partial charge is 0.389 e. The summed E-state index contributed by atoms with van der Waals surface area (Å²) in [6.07, 6.45) is 2.68. The molecule has 0 bridgehead atoms. The minimum absolute atomic E-state index is 0.214. The predicted molar refractivity (Wildman–Crippen MR) is 79.0 cm³/mol. The van der Waals surface area contributed by atoms with Crippen LogP contribution in [0.3, 0.4) is 0 Å². The maximum atomic E-state index is 14.2. The molecule has 3 heteroatoms. The molecule has 0 aromatic heterocycles. The summed E-state index contributed by atoms with van der Waals surface area (Å²) in [7, 11) is 0.